The number of amides is 1. The van der Waals surface area contributed by atoms with Gasteiger partial charge in [0.15, 0.2) is 11.5 Å². The second kappa shape index (κ2) is 13.3. The molecule has 1 amide bonds. The molecule has 23 nitrogen and oxygen atoms in total. The summed E-state index contributed by atoms with van der Waals surface area (Å²) in [5.74, 6) is -3.50. The number of benzene rings is 4. The fourth-order valence-corrected chi connectivity index (χ4v) is 6.85. The Bertz CT molecular complexity index is 2700. The highest BCUT2D eigenvalue weighted by Crippen LogP contribution is 2.50. The fourth-order valence-electron chi connectivity index (χ4n) is 4.25. The van der Waals surface area contributed by atoms with Gasteiger partial charge in [-0.1, -0.05) is 0 Å². The van der Waals surface area contributed by atoms with E-state index in [0.717, 1.165) is 25.1 Å². The lowest BCUT2D eigenvalue weighted by Gasteiger charge is -2.13. The quantitative estimate of drug-likeness (QED) is 0.0517. The van der Waals surface area contributed by atoms with E-state index < -0.39 is 122 Å². The highest BCUT2D eigenvalue weighted by atomic mass is 32.2. The molecular formula is C24H18N6O17S4. The van der Waals surface area contributed by atoms with Crippen LogP contribution in [0.25, 0.3) is 10.8 Å². The Balaban J connectivity index is 2.05. The van der Waals surface area contributed by atoms with Gasteiger partial charge in [0, 0.05) is 24.7 Å². The lowest BCUT2D eigenvalue weighted by Crippen LogP contribution is -2.07. The monoisotopic (exact) mass is 790 g/mol. The van der Waals surface area contributed by atoms with Crippen molar-refractivity contribution in [2.75, 3.05) is 5.32 Å². The first-order valence-corrected chi connectivity index (χ1v) is 18.6. The molecule has 0 heterocycles. The largest absolute Gasteiger partial charge is 0.505 e. The van der Waals surface area contributed by atoms with Crippen molar-refractivity contribution in [2.45, 2.75) is 26.5 Å². The van der Waals surface area contributed by atoms with Crippen LogP contribution >= 0.6 is 0 Å². The van der Waals surface area contributed by atoms with Gasteiger partial charge >= 0.3 is 0 Å². The van der Waals surface area contributed by atoms with Crippen LogP contribution in [-0.2, 0) is 45.3 Å². The Hall–Kier alpha value is -5.55. The molecule has 0 atom stereocenters. The number of phenolic OH excluding ortho intramolecular Hbond substituents is 2. The zero-order chi connectivity index (χ0) is 38.4. The lowest BCUT2D eigenvalue weighted by atomic mass is 10.1. The van der Waals surface area contributed by atoms with E-state index in [9.17, 15) is 77.0 Å². The molecule has 7 N–H and O–H groups in total. The standard InChI is InChI=1S/C24H18N6O17S4/c1-10(31)25-12-2-4-14(16(8-12)48(36,37)38)26-28-21-18(50(42,43)44)6-11-7-19(51(45,46)47)22(24(33)20(11)23(21)32)29-27-15-5-3-13(30(34)35)9-17(15)49(39,40)41/h2-9,32-33H,1H3,(H,25,31)(H,36,37,38)(H,39,40,41)(H,42,43,44)(H,45,46,47). The van der Waals surface area contributed by atoms with Crippen molar-refractivity contribution in [2.24, 2.45) is 20.5 Å². The van der Waals surface area contributed by atoms with E-state index in [1.165, 1.54) is 0 Å². The van der Waals surface area contributed by atoms with Crippen molar-refractivity contribution in [1.29, 1.82) is 0 Å². The van der Waals surface area contributed by atoms with Crippen molar-refractivity contribution >= 4 is 91.3 Å². The second-order valence-corrected chi connectivity index (χ2v) is 15.4. The molecule has 4 rings (SSSR count). The van der Waals surface area contributed by atoms with Crippen molar-refractivity contribution < 1.29 is 71.8 Å². The van der Waals surface area contributed by atoms with Crippen molar-refractivity contribution in [3.8, 4) is 11.5 Å². The summed E-state index contributed by atoms with van der Waals surface area (Å²) in [6.07, 6.45) is 0. The van der Waals surface area contributed by atoms with Gasteiger partial charge in [-0.25, -0.2) is 0 Å². The third-order valence-corrected chi connectivity index (χ3v) is 9.81. The number of hydrogen-bond acceptors (Lipinski definition) is 17. The summed E-state index contributed by atoms with van der Waals surface area (Å²) < 4.78 is 136. The Morgan fingerprint density at radius 2 is 1.06 bits per heavy atom. The van der Waals surface area contributed by atoms with E-state index in [-0.39, 0.29) is 5.69 Å². The van der Waals surface area contributed by atoms with Crippen LogP contribution in [-0.4, -0.2) is 72.9 Å². The molecule has 0 aromatic heterocycles. The Labute approximate surface area is 284 Å². The number of azo groups is 2. The first-order chi connectivity index (χ1) is 23.3. The van der Waals surface area contributed by atoms with E-state index in [1.807, 2.05) is 0 Å². The van der Waals surface area contributed by atoms with Gasteiger partial charge in [-0.15, -0.1) is 20.5 Å². The highest BCUT2D eigenvalue weighted by molar-refractivity contribution is 7.86. The summed E-state index contributed by atoms with van der Waals surface area (Å²) in [6, 6.07) is 5.21. The second-order valence-electron chi connectivity index (χ2n) is 9.82. The number of non-ortho nitro benzene ring substituents is 1. The maximum atomic E-state index is 12.3. The molecule has 0 radical (unpaired) electrons. The first-order valence-electron chi connectivity index (χ1n) is 12.8. The third kappa shape index (κ3) is 8.26. The molecule has 0 saturated heterocycles. The average molecular weight is 791 g/mol. The summed E-state index contributed by atoms with van der Waals surface area (Å²) >= 11 is 0. The van der Waals surface area contributed by atoms with Crippen LogP contribution in [0.15, 0.2) is 88.6 Å². The molecule has 4 aromatic carbocycles. The lowest BCUT2D eigenvalue weighted by molar-refractivity contribution is -0.385. The van der Waals surface area contributed by atoms with Gasteiger partial charge in [0.1, 0.15) is 42.3 Å². The third-order valence-electron chi connectivity index (χ3n) is 6.31. The molecule has 0 fully saturated rings. The molecule has 0 spiro atoms. The highest BCUT2D eigenvalue weighted by Gasteiger charge is 2.29. The van der Waals surface area contributed by atoms with Gasteiger partial charge in [0.05, 0.1) is 10.3 Å². The van der Waals surface area contributed by atoms with Crippen LogP contribution in [0, 0.1) is 10.1 Å². The number of fused-ring (bicyclic) bond motifs is 1. The minimum atomic E-state index is -5.47. The van der Waals surface area contributed by atoms with Gasteiger partial charge in [-0.05, 0) is 41.8 Å². The number of rotatable bonds is 10. The molecule has 27 heteroatoms. The van der Waals surface area contributed by atoms with Gasteiger partial charge in [-0.3, -0.25) is 33.1 Å². The predicted molar refractivity (Wildman–Crippen MR) is 169 cm³/mol. The Morgan fingerprint density at radius 1 is 0.647 bits per heavy atom. The van der Waals surface area contributed by atoms with Gasteiger partial charge in [0.25, 0.3) is 46.2 Å². The van der Waals surface area contributed by atoms with Crippen molar-refractivity contribution in [3.05, 3.63) is 58.6 Å². The molecule has 0 aliphatic heterocycles. The Kier molecular flexibility index (Phi) is 9.97. The van der Waals surface area contributed by atoms with Gasteiger partial charge in [0.2, 0.25) is 5.91 Å². The molecule has 0 aliphatic rings. The molecule has 0 aliphatic carbocycles. The van der Waals surface area contributed by atoms with E-state index in [1.54, 1.807) is 0 Å². The molecular weight excluding hydrogens is 773 g/mol. The van der Waals surface area contributed by atoms with E-state index in [0.29, 0.717) is 30.3 Å². The summed E-state index contributed by atoms with van der Waals surface area (Å²) in [5.41, 5.74) is -5.11. The van der Waals surface area contributed by atoms with Crippen LogP contribution in [0.3, 0.4) is 0 Å². The number of anilines is 1. The van der Waals surface area contributed by atoms with Crippen LogP contribution < -0.4 is 5.32 Å². The van der Waals surface area contributed by atoms with Gasteiger partial charge in [-0.2, -0.15) is 33.7 Å². The van der Waals surface area contributed by atoms with Crippen LogP contribution in [0.4, 0.5) is 34.1 Å². The molecule has 0 unspecified atom stereocenters. The minimum absolute atomic E-state index is 0.153. The number of hydrogen-bond donors (Lipinski definition) is 7. The van der Waals surface area contributed by atoms with Crippen LogP contribution in [0.5, 0.6) is 11.5 Å². The normalized spacial score (nSPS) is 12.9. The number of nitro groups is 1. The van der Waals surface area contributed by atoms with Crippen LogP contribution in [0.2, 0.25) is 0 Å². The summed E-state index contributed by atoms with van der Waals surface area (Å²) in [7, 11) is -21.3. The number of carbonyl (C=O) groups excluding carboxylic acids is 1. The van der Waals surface area contributed by atoms with E-state index >= 15 is 0 Å². The number of aromatic hydroxyl groups is 2. The maximum absolute atomic E-state index is 12.3. The SMILES string of the molecule is CC(=O)Nc1ccc(N=Nc2c(S(=O)(=O)O)cc3cc(S(=O)(=O)O)c(N=Nc4ccc([N+](=O)[O-])cc4S(=O)(=O)O)c(O)c3c2O)c(S(=O)(=O)O)c1. The number of nitro benzene ring substituents is 1. The smallest absolute Gasteiger partial charge is 0.297 e. The number of nitrogens with one attached hydrogen (secondary N) is 1. The summed E-state index contributed by atoms with van der Waals surface area (Å²) in [6.45, 7) is 1.08. The van der Waals surface area contributed by atoms with E-state index in [2.05, 4.69) is 25.8 Å². The maximum Gasteiger partial charge on any atom is 0.297 e. The van der Waals surface area contributed by atoms with E-state index in [4.69, 9.17) is 0 Å². The molecule has 0 bridgehead atoms. The average Bonchev–Trinajstić information content (AvgIpc) is 2.97. The molecule has 51 heavy (non-hydrogen) atoms. The van der Waals surface area contributed by atoms with Crippen molar-refractivity contribution in [3.63, 3.8) is 0 Å². The van der Waals surface area contributed by atoms with Crippen molar-refractivity contribution in [1.82, 2.24) is 0 Å². The summed E-state index contributed by atoms with van der Waals surface area (Å²) in [4.78, 5) is 16.5. The number of phenols is 2. The minimum Gasteiger partial charge on any atom is -0.505 e. The van der Waals surface area contributed by atoms with Crippen LogP contribution in [0.1, 0.15) is 6.92 Å². The summed E-state index contributed by atoms with van der Waals surface area (Å²) in [5, 5.41) is 47.5. The zero-order valence-electron chi connectivity index (χ0n) is 24.7. The molecule has 0 saturated carbocycles. The Morgan fingerprint density at radius 3 is 1.45 bits per heavy atom. The fraction of sp³-hybridized carbons (Fsp3) is 0.0417. The first kappa shape index (κ1) is 38.3. The predicted octanol–water partition coefficient (Wildman–Crippen LogP) is 3.94. The topological polar surface area (TPSA) is 380 Å². The number of carbonyl (C=O) groups is 1. The number of nitrogens with zero attached hydrogens (tertiary/aromatic N) is 5. The van der Waals surface area contributed by atoms with Gasteiger partial charge < -0.3 is 15.5 Å². The zero-order valence-corrected chi connectivity index (χ0v) is 27.9. The molecule has 4 aromatic rings. The molecule has 270 valence electrons.